The number of phosphoric acid groups is 3. The zero-order valence-corrected chi connectivity index (χ0v) is 17.9. The number of aromatic amines is 1. The van der Waals surface area contributed by atoms with Gasteiger partial charge in [-0.05, 0) is 12.8 Å². The van der Waals surface area contributed by atoms with Gasteiger partial charge >= 0.3 is 29.2 Å². The largest absolute Gasteiger partial charge is 0.490 e. The lowest BCUT2D eigenvalue weighted by Gasteiger charge is -2.19. The van der Waals surface area contributed by atoms with Gasteiger partial charge in [-0.1, -0.05) is 5.92 Å². The van der Waals surface area contributed by atoms with Gasteiger partial charge in [0.15, 0.2) is 6.17 Å². The van der Waals surface area contributed by atoms with E-state index >= 15 is 0 Å². The van der Waals surface area contributed by atoms with Gasteiger partial charge in [0.05, 0.1) is 6.61 Å². The van der Waals surface area contributed by atoms with Crippen molar-refractivity contribution < 1.29 is 60.6 Å². The van der Waals surface area contributed by atoms with Crippen LogP contribution in [-0.4, -0.2) is 59.6 Å². The molecule has 6 atom stereocenters. The van der Waals surface area contributed by atoms with Crippen LogP contribution in [0, 0.1) is 11.8 Å². The number of halogens is 1. The summed E-state index contributed by atoms with van der Waals surface area (Å²) >= 11 is 0. The number of aliphatic hydroxyl groups is 1. The number of H-pyrrole nitrogens is 1. The van der Waals surface area contributed by atoms with E-state index in [0.29, 0.717) is 0 Å². The van der Waals surface area contributed by atoms with E-state index in [1.165, 1.54) is 6.92 Å². The van der Waals surface area contributed by atoms with Gasteiger partial charge in [-0.15, -0.1) is 0 Å². The number of nitrogens with zero attached hydrogens (tertiary/aromatic N) is 1. The minimum Gasteiger partial charge on any atom is -0.387 e. The Kier molecular flexibility index (Phi) is 8.10. The first-order valence-electron chi connectivity index (χ1n) is 7.92. The number of hydrogen-bond donors (Lipinski definition) is 6. The Hall–Kier alpha value is -1.30. The molecule has 1 saturated heterocycles. The lowest BCUT2D eigenvalue weighted by Crippen LogP contribution is -2.31. The fourth-order valence-electron chi connectivity index (χ4n) is 2.43. The highest BCUT2D eigenvalue weighted by Gasteiger charge is 2.48. The molecule has 0 aromatic carbocycles. The molecule has 1 aromatic rings. The summed E-state index contributed by atoms with van der Waals surface area (Å²) in [6.45, 7) is 0.374. The molecule has 174 valence electrons. The predicted molar refractivity (Wildman–Crippen MR) is 95.7 cm³/mol. The summed E-state index contributed by atoms with van der Waals surface area (Å²) in [5.41, 5.74) is -0.864. The van der Waals surface area contributed by atoms with Crippen molar-refractivity contribution in [2.24, 2.45) is 0 Å². The predicted octanol–water partition coefficient (Wildman–Crippen LogP) is -0.377. The molecule has 0 bridgehead atoms. The average molecular weight is 508 g/mol. The Bertz CT molecular complexity index is 1080. The van der Waals surface area contributed by atoms with Gasteiger partial charge in [0, 0.05) is 11.8 Å². The molecular weight excluding hydrogens is 492 g/mol. The zero-order valence-electron chi connectivity index (χ0n) is 15.3. The standard InChI is InChI=1S/C12H16FN2O13P3/c1-2-3-7-6(4-14-12(17)15-7)11-9(13)10(16)8(26-11)5-25-30(21,22)28-31(23,24)27-29(18,19)20/h4,8-11,16H,5H2,1H3,(H,21,22)(H,23,24)(H,14,15,17)(H2,18,19,20)/t8-,9+,10?,11+/m1/s1. The van der Waals surface area contributed by atoms with Gasteiger partial charge in [0.1, 0.15) is 24.0 Å². The van der Waals surface area contributed by atoms with Crippen molar-refractivity contribution in [2.45, 2.75) is 31.4 Å². The van der Waals surface area contributed by atoms with Crippen molar-refractivity contribution in [2.75, 3.05) is 6.61 Å². The molecule has 3 unspecified atom stereocenters. The van der Waals surface area contributed by atoms with Crippen LogP contribution in [-0.2, 0) is 31.6 Å². The second-order valence-electron chi connectivity index (χ2n) is 5.81. The van der Waals surface area contributed by atoms with Gasteiger partial charge in [-0.25, -0.2) is 27.9 Å². The van der Waals surface area contributed by atoms with Gasteiger partial charge in [-0.3, -0.25) is 9.51 Å². The van der Waals surface area contributed by atoms with Gasteiger partial charge in [0.25, 0.3) is 0 Å². The molecule has 15 nitrogen and oxygen atoms in total. The van der Waals surface area contributed by atoms with E-state index in [1.54, 1.807) is 0 Å². The van der Waals surface area contributed by atoms with Gasteiger partial charge in [-0.2, -0.15) is 8.62 Å². The van der Waals surface area contributed by atoms with Crippen LogP contribution in [0.2, 0.25) is 0 Å². The third-order valence-electron chi connectivity index (χ3n) is 3.53. The topological polar surface area (TPSA) is 235 Å². The van der Waals surface area contributed by atoms with Gasteiger partial charge in [0.2, 0.25) is 0 Å². The van der Waals surface area contributed by atoms with Crippen molar-refractivity contribution in [3.8, 4) is 11.8 Å². The molecule has 0 amide bonds. The van der Waals surface area contributed by atoms with E-state index in [4.69, 9.17) is 19.4 Å². The smallest absolute Gasteiger partial charge is 0.387 e. The molecule has 1 fully saturated rings. The van der Waals surface area contributed by atoms with Crippen molar-refractivity contribution in [1.29, 1.82) is 0 Å². The summed E-state index contributed by atoms with van der Waals surface area (Å²) in [4.78, 5) is 52.5. The number of phosphoric ester groups is 1. The van der Waals surface area contributed by atoms with E-state index in [1.807, 2.05) is 0 Å². The lowest BCUT2D eigenvalue weighted by atomic mass is 10.0. The van der Waals surface area contributed by atoms with Crippen LogP contribution in [0.3, 0.4) is 0 Å². The molecule has 0 radical (unpaired) electrons. The number of alkyl halides is 1. The minimum absolute atomic E-state index is 0.0404. The van der Waals surface area contributed by atoms with Crippen LogP contribution in [0.4, 0.5) is 4.39 Å². The Morgan fingerprint density at radius 2 is 1.87 bits per heavy atom. The minimum atomic E-state index is -5.74. The second kappa shape index (κ2) is 9.68. The third-order valence-corrected chi connectivity index (χ3v) is 7.34. The third kappa shape index (κ3) is 7.37. The fraction of sp³-hybridized carbons (Fsp3) is 0.500. The Labute approximate surface area is 172 Å². The molecule has 6 N–H and O–H groups in total. The number of hydrogen-bond acceptors (Lipinski definition) is 10. The molecule has 0 spiro atoms. The van der Waals surface area contributed by atoms with Crippen LogP contribution < -0.4 is 5.69 Å². The monoisotopic (exact) mass is 508 g/mol. The summed E-state index contributed by atoms with van der Waals surface area (Å²) < 4.78 is 64.8. The lowest BCUT2D eigenvalue weighted by molar-refractivity contribution is -0.0223. The van der Waals surface area contributed by atoms with E-state index in [-0.39, 0.29) is 11.3 Å². The highest BCUT2D eigenvalue weighted by atomic mass is 31.3. The fourth-order valence-corrected chi connectivity index (χ4v) is 5.46. The summed E-state index contributed by atoms with van der Waals surface area (Å²) in [5.74, 6) is 4.98. The Morgan fingerprint density at radius 1 is 1.23 bits per heavy atom. The molecule has 2 rings (SSSR count). The van der Waals surface area contributed by atoms with Crippen LogP contribution in [0.1, 0.15) is 24.3 Å². The highest BCUT2D eigenvalue weighted by Crippen LogP contribution is 2.66. The first-order chi connectivity index (χ1) is 14.1. The molecule has 1 aromatic heterocycles. The maximum Gasteiger partial charge on any atom is 0.490 e. The number of aromatic nitrogens is 2. The number of aliphatic hydroxyl groups excluding tert-OH is 1. The number of ether oxygens (including phenoxy) is 1. The molecule has 0 saturated carbocycles. The molecule has 19 heteroatoms. The molecule has 0 aliphatic carbocycles. The summed E-state index contributed by atoms with van der Waals surface area (Å²) in [6.07, 6.45) is -6.22. The zero-order chi connectivity index (χ0) is 23.6. The van der Waals surface area contributed by atoms with Gasteiger partial charge < -0.3 is 29.4 Å². The van der Waals surface area contributed by atoms with E-state index in [2.05, 4.69) is 35.0 Å². The molecular formula is C12H16FN2O13P3. The van der Waals surface area contributed by atoms with Crippen LogP contribution >= 0.6 is 23.5 Å². The van der Waals surface area contributed by atoms with Crippen molar-refractivity contribution in [1.82, 2.24) is 9.97 Å². The SMILES string of the molecule is CC#Cc1[nH]c(=O)ncc1[C@@H]1O[C@H](COP(=O)(O)OP(=O)(O)OP(=O)(O)O)C(O)[C@@H]1F. The number of nitrogens with one attached hydrogen (secondary N) is 1. The normalized spacial score (nSPS) is 27.7. The molecule has 1 aliphatic rings. The summed E-state index contributed by atoms with van der Waals surface area (Å²) in [7, 11) is -16.8. The van der Waals surface area contributed by atoms with Crippen molar-refractivity contribution >= 4 is 23.5 Å². The van der Waals surface area contributed by atoms with Crippen molar-refractivity contribution in [3.63, 3.8) is 0 Å². The van der Waals surface area contributed by atoms with Crippen LogP contribution in [0.25, 0.3) is 0 Å². The molecule has 1 aliphatic heterocycles. The maximum absolute atomic E-state index is 14.6. The second-order valence-corrected chi connectivity index (χ2v) is 10.2. The molecule has 31 heavy (non-hydrogen) atoms. The Balaban J connectivity index is 2.12. The first kappa shape index (κ1) is 26.0. The maximum atomic E-state index is 14.6. The van der Waals surface area contributed by atoms with E-state index in [9.17, 15) is 32.9 Å². The molecule has 2 heterocycles. The van der Waals surface area contributed by atoms with E-state index < -0.39 is 60.2 Å². The number of rotatable bonds is 8. The first-order valence-corrected chi connectivity index (χ1v) is 12.4. The summed E-state index contributed by atoms with van der Waals surface area (Å²) in [6, 6.07) is 0. The van der Waals surface area contributed by atoms with Crippen molar-refractivity contribution in [3.05, 3.63) is 27.9 Å². The summed E-state index contributed by atoms with van der Waals surface area (Å²) in [5, 5.41) is 9.99. The average Bonchev–Trinajstić information content (AvgIpc) is 2.86. The highest BCUT2D eigenvalue weighted by molar-refractivity contribution is 7.66. The van der Waals surface area contributed by atoms with Crippen LogP contribution in [0.5, 0.6) is 0 Å². The Morgan fingerprint density at radius 3 is 2.45 bits per heavy atom. The van der Waals surface area contributed by atoms with E-state index in [0.717, 1.165) is 6.20 Å². The van der Waals surface area contributed by atoms with Crippen LogP contribution in [0.15, 0.2) is 11.0 Å². The quantitative estimate of drug-likeness (QED) is 0.194.